The quantitative estimate of drug-likeness (QED) is 0.788. The highest BCUT2D eigenvalue weighted by Gasteiger charge is 2.13. The first-order chi connectivity index (χ1) is 8.27. The van der Waals surface area contributed by atoms with Gasteiger partial charge in [0.1, 0.15) is 12.4 Å². The van der Waals surface area contributed by atoms with Crippen molar-refractivity contribution in [2.24, 2.45) is 0 Å². The first-order valence-corrected chi connectivity index (χ1v) is 6.70. The summed E-state index contributed by atoms with van der Waals surface area (Å²) in [6.45, 7) is 5.93. The molecule has 1 aromatic carbocycles. The van der Waals surface area contributed by atoms with Gasteiger partial charge >= 0.3 is 0 Å². The van der Waals surface area contributed by atoms with Crippen LogP contribution in [0.2, 0.25) is 0 Å². The Kier molecular flexibility index (Phi) is 4.43. The molecule has 17 heavy (non-hydrogen) atoms. The molecule has 0 radical (unpaired) electrons. The standard InChI is InChI=1S/C15H23NO/c1-12-6-5-7-13(2)15(12)17-11-10-16-14-8-3-4-9-14/h5-7,14,16H,3-4,8-11H2,1-2H3. The van der Waals surface area contributed by atoms with E-state index in [9.17, 15) is 0 Å². The van der Waals surface area contributed by atoms with Crippen molar-refractivity contribution in [3.05, 3.63) is 29.3 Å². The van der Waals surface area contributed by atoms with E-state index < -0.39 is 0 Å². The van der Waals surface area contributed by atoms with Crippen LogP contribution in [-0.4, -0.2) is 19.2 Å². The summed E-state index contributed by atoms with van der Waals surface area (Å²) in [5.41, 5.74) is 2.46. The minimum atomic E-state index is 0.733. The van der Waals surface area contributed by atoms with Crippen molar-refractivity contribution in [2.75, 3.05) is 13.2 Å². The molecular formula is C15H23NO. The lowest BCUT2D eigenvalue weighted by Gasteiger charge is -2.14. The van der Waals surface area contributed by atoms with E-state index in [1.807, 2.05) is 0 Å². The van der Waals surface area contributed by atoms with Gasteiger partial charge in [-0.05, 0) is 37.8 Å². The average Bonchev–Trinajstić information content (AvgIpc) is 2.80. The molecule has 1 fully saturated rings. The van der Waals surface area contributed by atoms with Crippen molar-refractivity contribution < 1.29 is 4.74 Å². The van der Waals surface area contributed by atoms with Crippen LogP contribution in [0.4, 0.5) is 0 Å². The van der Waals surface area contributed by atoms with Crippen LogP contribution in [-0.2, 0) is 0 Å². The van der Waals surface area contributed by atoms with Crippen LogP contribution < -0.4 is 10.1 Å². The van der Waals surface area contributed by atoms with Crippen molar-refractivity contribution >= 4 is 0 Å². The molecule has 1 aromatic rings. The molecule has 1 aliphatic carbocycles. The summed E-state index contributed by atoms with van der Waals surface area (Å²) in [6, 6.07) is 7.02. The van der Waals surface area contributed by atoms with Crippen molar-refractivity contribution in [3.8, 4) is 5.75 Å². The molecule has 1 N–H and O–H groups in total. The van der Waals surface area contributed by atoms with Crippen LogP contribution in [0.3, 0.4) is 0 Å². The topological polar surface area (TPSA) is 21.3 Å². The second-order valence-electron chi connectivity index (χ2n) is 5.00. The molecule has 0 amide bonds. The third-order valence-corrected chi connectivity index (χ3v) is 3.55. The molecule has 0 bridgehead atoms. The van der Waals surface area contributed by atoms with Gasteiger partial charge in [-0.15, -0.1) is 0 Å². The van der Waals surface area contributed by atoms with E-state index in [-0.39, 0.29) is 0 Å². The third kappa shape index (κ3) is 3.47. The molecule has 1 aliphatic rings. The normalized spacial score (nSPS) is 16.4. The van der Waals surface area contributed by atoms with Crippen molar-refractivity contribution in [1.29, 1.82) is 0 Å². The summed E-state index contributed by atoms with van der Waals surface area (Å²) in [5, 5.41) is 3.57. The van der Waals surface area contributed by atoms with Gasteiger partial charge in [-0.2, -0.15) is 0 Å². The average molecular weight is 233 g/mol. The summed E-state index contributed by atoms with van der Waals surface area (Å²) >= 11 is 0. The van der Waals surface area contributed by atoms with Crippen molar-refractivity contribution in [3.63, 3.8) is 0 Å². The highest BCUT2D eigenvalue weighted by Crippen LogP contribution is 2.22. The Labute approximate surface area is 104 Å². The lowest BCUT2D eigenvalue weighted by atomic mass is 10.1. The molecular weight excluding hydrogens is 210 g/mol. The second kappa shape index (κ2) is 6.06. The van der Waals surface area contributed by atoms with Gasteiger partial charge in [0.15, 0.2) is 0 Å². The van der Waals surface area contributed by atoms with Crippen molar-refractivity contribution in [1.82, 2.24) is 5.32 Å². The van der Waals surface area contributed by atoms with Crippen LogP contribution in [0.1, 0.15) is 36.8 Å². The van der Waals surface area contributed by atoms with E-state index >= 15 is 0 Å². The minimum Gasteiger partial charge on any atom is -0.492 e. The zero-order valence-electron chi connectivity index (χ0n) is 11.0. The Morgan fingerprint density at radius 3 is 2.47 bits per heavy atom. The largest absolute Gasteiger partial charge is 0.492 e. The van der Waals surface area contributed by atoms with Gasteiger partial charge in [-0.25, -0.2) is 0 Å². The first-order valence-electron chi connectivity index (χ1n) is 6.70. The Hall–Kier alpha value is -1.02. The molecule has 0 saturated heterocycles. The fourth-order valence-electron chi connectivity index (χ4n) is 2.57. The maximum Gasteiger partial charge on any atom is 0.125 e. The molecule has 0 aromatic heterocycles. The van der Waals surface area contributed by atoms with Gasteiger partial charge in [0.25, 0.3) is 0 Å². The van der Waals surface area contributed by atoms with Gasteiger partial charge < -0.3 is 10.1 Å². The van der Waals surface area contributed by atoms with Gasteiger partial charge in [-0.3, -0.25) is 0 Å². The number of aryl methyl sites for hydroxylation is 2. The number of hydrogen-bond acceptors (Lipinski definition) is 2. The summed E-state index contributed by atoms with van der Waals surface area (Å²) in [6.07, 6.45) is 5.44. The van der Waals surface area contributed by atoms with E-state index in [1.54, 1.807) is 0 Å². The smallest absolute Gasteiger partial charge is 0.125 e. The number of para-hydroxylation sites is 1. The van der Waals surface area contributed by atoms with Gasteiger partial charge in [-0.1, -0.05) is 31.0 Å². The molecule has 0 aliphatic heterocycles. The Bertz CT molecular complexity index is 336. The summed E-state index contributed by atoms with van der Waals surface area (Å²) in [4.78, 5) is 0. The Morgan fingerprint density at radius 2 is 1.82 bits per heavy atom. The number of benzene rings is 1. The molecule has 0 spiro atoms. The zero-order valence-corrected chi connectivity index (χ0v) is 11.0. The number of rotatable bonds is 5. The molecule has 94 valence electrons. The van der Waals surface area contributed by atoms with Crippen LogP contribution in [0, 0.1) is 13.8 Å². The number of nitrogens with one attached hydrogen (secondary N) is 1. The monoisotopic (exact) mass is 233 g/mol. The SMILES string of the molecule is Cc1cccc(C)c1OCCNC1CCCC1. The first kappa shape index (κ1) is 12.4. The predicted octanol–water partition coefficient (Wildman–Crippen LogP) is 3.21. The Balaban J connectivity index is 1.74. The third-order valence-electron chi connectivity index (χ3n) is 3.55. The summed E-state index contributed by atoms with van der Waals surface area (Å²) in [7, 11) is 0. The lowest BCUT2D eigenvalue weighted by Crippen LogP contribution is -2.30. The van der Waals surface area contributed by atoms with Gasteiger partial charge in [0.2, 0.25) is 0 Å². The summed E-state index contributed by atoms with van der Waals surface area (Å²) in [5.74, 6) is 1.06. The lowest BCUT2D eigenvalue weighted by molar-refractivity contribution is 0.301. The van der Waals surface area contributed by atoms with Gasteiger partial charge in [0.05, 0.1) is 0 Å². The molecule has 2 nitrogen and oxygen atoms in total. The Morgan fingerprint density at radius 1 is 1.18 bits per heavy atom. The zero-order chi connectivity index (χ0) is 12.1. The maximum atomic E-state index is 5.86. The predicted molar refractivity (Wildman–Crippen MR) is 71.7 cm³/mol. The molecule has 0 heterocycles. The van der Waals surface area contributed by atoms with E-state index in [2.05, 4.69) is 37.4 Å². The minimum absolute atomic E-state index is 0.733. The summed E-state index contributed by atoms with van der Waals surface area (Å²) < 4.78 is 5.86. The van der Waals surface area contributed by atoms with E-state index in [0.717, 1.165) is 24.9 Å². The molecule has 0 unspecified atom stereocenters. The van der Waals surface area contributed by atoms with E-state index in [4.69, 9.17) is 4.74 Å². The highest BCUT2D eigenvalue weighted by molar-refractivity contribution is 5.39. The maximum absolute atomic E-state index is 5.86. The van der Waals surface area contributed by atoms with Gasteiger partial charge in [0, 0.05) is 12.6 Å². The van der Waals surface area contributed by atoms with E-state index in [0.29, 0.717) is 0 Å². The number of ether oxygens (including phenoxy) is 1. The molecule has 2 heteroatoms. The molecule has 0 atom stereocenters. The fourth-order valence-corrected chi connectivity index (χ4v) is 2.57. The van der Waals surface area contributed by atoms with E-state index in [1.165, 1.54) is 36.8 Å². The fraction of sp³-hybridized carbons (Fsp3) is 0.600. The highest BCUT2D eigenvalue weighted by atomic mass is 16.5. The molecule has 1 saturated carbocycles. The van der Waals surface area contributed by atoms with Crippen molar-refractivity contribution in [2.45, 2.75) is 45.6 Å². The molecule has 2 rings (SSSR count). The van der Waals surface area contributed by atoms with Crippen LogP contribution in [0.5, 0.6) is 5.75 Å². The van der Waals surface area contributed by atoms with Crippen LogP contribution >= 0.6 is 0 Å². The van der Waals surface area contributed by atoms with Crippen LogP contribution in [0.15, 0.2) is 18.2 Å². The van der Waals surface area contributed by atoms with Crippen LogP contribution in [0.25, 0.3) is 0 Å². The number of hydrogen-bond donors (Lipinski definition) is 1. The second-order valence-corrected chi connectivity index (χ2v) is 5.00.